The number of aliphatic carboxylic acids is 1. The Morgan fingerprint density at radius 1 is 1.39 bits per heavy atom. The summed E-state index contributed by atoms with van der Waals surface area (Å²) in [5.41, 5.74) is 2.26. The van der Waals surface area contributed by atoms with Crippen molar-refractivity contribution in [3.8, 4) is 0 Å². The first-order valence-electron chi connectivity index (χ1n) is 6.43. The van der Waals surface area contributed by atoms with Gasteiger partial charge < -0.3 is 10.4 Å². The summed E-state index contributed by atoms with van der Waals surface area (Å²) < 4.78 is 0. The van der Waals surface area contributed by atoms with E-state index in [1.807, 2.05) is 24.3 Å². The van der Waals surface area contributed by atoms with Crippen molar-refractivity contribution in [2.75, 3.05) is 11.9 Å². The van der Waals surface area contributed by atoms with Crippen LogP contribution in [0.1, 0.15) is 18.4 Å². The van der Waals surface area contributed by atoms with Gasteiger partial charge in [0.25, 0.3) is 0 Å². The molecule has 0 saturated heterocycles. The maximum atomic E-state index is 11.4. The number of hydrogen-bond donors (Lipinski definition) is 2. The summed E-state index contributed by atoms with van der Waals surface area (Å²) in [5, 5.41) is 12.8. The van der Waals surface area contributed by atoms with Crippen LogP contribution >= 0.6 is 0 Å². The number of benzene rings is 1. The maximum absolute atomic E-state index is 11.4. The van der Waals surface area contributed by atoms with E-state index in [1.165, 1.54) is 5.56 Å². The Morgan fingerprint density at radius 3 is 3.06 bits per heavy atom. The highest BCUT2D eigenvalue weighted by Crippen LogP contribution is 2.46. The summed E-state index contributed by atoms with van der Waals surface area (Å²) >= 11 is 0. The van der Waals surface area contributed by atoms with Crippen LogP contribution in [-0.4, -0.2) is 17.6 Å². The second kappa shape index (κ2) is 4.16. The van der Waals surface area contributed by atoms with Crippen LogP contribution < -0.4 is 5.32 Å². The lowest BCUT2D eigenvalue weighted by molar-refractivity contribution is -0.143. The Morgan fingerprint density at radius 2 is 2.22 bits per heavy atom. The van der Waals surface area contributed by atoms with E-state index in [9.17, 15) is 9.90 Å². The molecule has 3 nitrogen and oxygen atoms in total. The van der Waals surface area contributed by atoms with Gasteiger partial charge in [-0.25, -0.2) is 0 Å². The Labute approximate surface area is 107 Å². The Kier molecular flexibility index (Phi) is 2.62. The molecule has 0 radical (unpaired) electrons. The number of para-hydroxylation sites is 1. The molecule has 0 bridgehead atoms. The molecule has 1 aliphatic heterocycles. The third-order valence-electron chi connectivity index (χ3n) is 4.28. The minimum absolute atomic E-state index is 0.133. The number of rotatable bonds is 1. The van der Waals surface area contributed by atoms with Crippen molar-refractivity contribution in [2.24, 2.45) is 11.3 Å². The molecule has 1 aromatic rings. The van der Waals surface area contributed by atoms with Gasteiger partial charge in [-0.2, -0.15) is 0 Å². The zero-order chi connectivity index (χ0) is 12.6. The number of anilines is 1. The zero-order valence-corrected chi connectivity index (χ0v) is 10.2. The van der Waals surface area contributed by atoms with Crippen molar-refractivity contribution in [3.05, 3.63) is 42.0 Å². The number of carboxylic acid groups (broad SMARTS) is 1. The van der Waals surface area contributed by atoms with Crippen LogP contribution in [0.5, 0.6) is 0 Å². The van der Waals surface area contributed by atoms with Gasteiger partial charge in [0.15, 0.2) is 0 Å². The van der Waals surface area contributed by atoms with E-state index in [-0.39, 0.29) is 11.3 Å². The molecule has 2 N–H and O–H groups in total. The molecule has 0 saturated carbocycles. The molecule has 0 aromatic heterocycles. The number of carboxylic acids is 1. The van der Waals surface area contributed by atoms with Gasteiger partial charge in [0.2, 0.25) is 0 Å². The first-order valence-corrected chi connectivity index (χ1v) is 6.43. The molecular formula is C15H17NO2. The molecule has 3 rings (SSSR count). The van der Waals surface area contributed by atoms with E-state index < -0.39 is 5.97 Å². The average molecular weight is 243 g/mol. The van der Waals surface area contributed by atoms with E-state index in [2.05, 4.69) is 17.4 Å². The predicted molar refractivity (Wildman–Crippen MR) is 70.6 cm³/mol. The fourth-order valence-electron chi connectivity index (χ4n) is 3.31. The van der Waals surface area contributed by atoms with Crippen molar-refractivity contribution in [1.29, 1.82) is 0 Å². The molecule has 1 heterocycles. The summed E-state index contributed by atoms with van der Waals surface area (Å²) in [4.78, 5) is 11.4. The SMILES string of the molecule is O=C(O)C1C=CC[C@@]12CCNc1ccccc1C2. The topological polar surface area (TPSA) is 49.3 Å². The minimum Gasteiger partial charge on any atom is -0.481 e. The maximum Gasteiger partial charge on any atom is 0.310 e. The fourth-order valence-corrected chi connectivity index (χ4v) is 3.31. The van der Waals surface area contributed by atoms with Crippen LogP contribution in [0, 0.1) is 11.3 Å². The molecule has 1 aliphatic carbocycles. The lowest BCUT2D eigenvalue weighted by atomic mass is 9.70. The fraction of sp³-hybridized carbons (Fsp3) is 0.400. The summed E-state index contributed by atoms with van der Waals surface area (Å²) in [7, 11) is 0. The monoisotopic (exact) mass is 243 g/mol. The van der Waals surface area contributed by atoms with Gasteiger partial charge >= 0.3 is 5.97 Å². The molecule has 2 atom stereocenters. The van der Waals surface area contributed by atoms with Crippen LogP contribution in [0.4, 0.5) is 5.69 Å². The first kappa shape index (κ1) is 11.3. The van der Waals surface area contributed by atoms with Crippen molar-refractivity contribution in [2.45, 2.75) is 19.3 Å². The number of fused-ring (bicyclic) bond motifs is 1. The summed E-state index contributed by atoms with van der Waals surface area (Å²) in [6.07, 6.45) is 6.54. The first-order chi connectivity index (χ1) is 8.71. The molecule has 0 fully saturated rings. The normalized spacial score (nSPS) is 29.7. The highest BCUT2D eigenvalue weighted by molar-refractivity contribution is 5.74. The van der Waals surface area contributed by atoms with E-state index in [0.717, 1.165) is 31.5 Å². The highest BCUT2D eigenvalue weighted by atomic mass is 16.4. The van der Waals surface area contributed by atoms with Gasteiger partial charge in [-0.15, -0.1) is 0 Å². The van der Waals surface area contributed by atoms with Crippen LogP contribution in [0.25, 0.3) is 0 Å². The highest BCUT2D eigenvalue weighted by Gasteiger charge is 2.44. The molecule has 3 heteroatoms. The number of carbonyl (C=O) groups is 1. The van der Waals surface area contributed by atoms with Gasteiger partial charge in [-0.1, -0.05) is 30.4 Å². The second-order valence-corrected chi connectivity index (χ2v) is 5.32. The third kappa shape index (κ3) is 1.70. The smallest absolute Gasteiger partial charge is 0.310 e. The van der Waals surface area contributed by atoms with Crippen molar-refractivity contribution in [1.82, 2.24) is 0 Å². The van der Waals surface area contributed by atoms with Crippen molar-refractivity contribution in [3.63, 3.8) is 0 Å². The van der Waals surface area contributed by atoms with Crippen LogP contribution in [0.3, 0.4) is 0 Å². The van der Waals surface area contributed by atoms with Crippen LogP contribution in [0.2, 0.25) is 0 Å². The van der Waals surface area contributed by atoms with E-state index in [0.29, 0.717) is 0 Å². The molecule has 18 heavy (non-hydrogen) atoms. The minimum atomic E-state index is -0.692. The molecule has 0 amide bonds. The van der Waals surface area contributed by atoms with Crippen molar-refractivity contribution >= 4 is 11.7 Å². The van der Waals surface area contributed by atoms with E-state index in [4.69, 9.17) is 0 Å². The lowest BCUT2D eigenvalue weighted by Crippen LogP contribution is -2.34. The number of nitrogens with one attached hydrogen (secondary N) is 1. The third-order valence-corrected chi connectivity index (χ3v) is 4.28. The molecule has 1 unspecified atom stereocenters. The van der Waals surface area contributed by atoms with Crippen LogP contribution in [-0.2, 0) is 11.2 Å². The van der Waals surface area contributed by atoms with Gasteiger partial charge in [0.05, 0.1) is 5.92 Å². The van der Waals surface area contributed by atoms with E-state index in [1.54, 1.807) is 0 Å². The standard InChI is InChI=1S/C15H17NO2/c17-14(18)12-5-3-7-15(12)8-9-16-13-6-2-1-4-11(13)10-15/h1-6,12,16H,7-10H2,(H,17,18)/t12?,15-/m0/s1. The van der Waals surface area contributed by atoms with Crippen molar-refractivity contribution < 1.29 is 9.90 Å². The molecular weight excluding hydrogens is 226 g/mol. The van der Waals surface area contributed by atoms with Crippen LogP contribution in [0.15, 0.2) is 36.4 Å². The largest absolute Gasteiger partial charge is 0.481 e. The molecule has 2 aliphatic rings. The van der Waals surface area contributed by atoms with Gasteiger partial charge in [-0.05, 0) is 36.3 Å². The quantitative estimate of drug-likeness (QED) is 0.746. The van der Waals surface area contributed by atoms with Gasteiger partial charge in [-0.3, -0.25) is 4.79 Å². The Hall–Kier alpha value is -1.77. The molecule has 94 valence electrons. The molecule has 1 aromatic carbocycles. The summed E-state index contributed by atoms with van der Waals surface area (Å²) in [6.45, 7) is 0.850. The van der Waals surface area contributed by atoms with Gasteiger partial charge in [0.1, 0.15) is 0 Å². The number of allylic oxidation sites excluding steroid dienone is 1. The predicted octanol–water partition coefficient (Wildman–Crippen LogP) is 2.69. The lowest BCUT2D eigenvalue weighted by Gasteiger charge is -2.32. The average Bonchev–Trinajstić information content (AvgIpc) is 2.66. The van der Waals surface area contributed by atoms with E-state index >= 15 is 0 Å². The Balaban J connectivity index is 1.98. The van der Waals surface area contributed by atoms with Gasteiger partial charge in [0, 0.05) is 12.2 Å². The number of hydrogen-bond acceptors (Lipinski definition) is 2. The second-order valence-electron chi connectivity index (χ2n) is 5.32. The summed E-state index contributed by atoms with van der Waals surface area (Å²) in [5.74, 6) is -1.03. The summed E-state index contributed by atoms with van der Waals surface area (Å²) in [6, 6.07) is 8.22. The molecule has 1 spiro atoms. The Bertz CT molecular complexity index is 509. The zero-order valence-electron chi connectivity index (χ0n) is 10.2.